The molecule has 0 saturated heterocycles. The van der Waals surface area contributed by atoms with Crippen LogP contribution in [-0.2, 0) is 10.0 Å². The van der Waals surface area contributed by atoms with Gasteiger partial charge in [-0.05, 0) is 46.4 Å². The first-order valence-corrected chi connectivity index (χ1v) is 8.09. The second-order valence-corrected chi connectivity index (χ2v) is 6.58. The van der Waals surface area contributed by atoms with E-state index in [0.29, 0.717) is 23.9 Å². The smallest absolute Gasteiger partial charge is 0.211 e. The van der Waals surface area contributed by atoms with E-state index >= 15 is 0 Å². The molecule has 1 rings (SSSR count). The number of sulfonamides is 1. The lowest BCUT2D eigenvalue weighted by molar-refractivity contribution is 0.576. The number of halogens is 2. The average molecular weight is 368 g/mol. The van der Waals surface area contributed by atoms with Crippen molar-refractivity contribution in [2.45, 2.75) is 17.7 Å². The Morgan fingerprint density at radius 2 is 2.16 bits per heavy atom. The summed E-state index contributed by atoms with van der Waals surface area (Å²) >= 11 is 9.06. The zero-order valence-electron chi connectivity index (χ0n) is 9.88. The summed E-state index contributed by atoms with van der Waals surface area (Å²) in [6.45, 7) is 0.620. The standard InChI is InChI=1S/C10H12BrClN4O2S/c11-8-4-3-5-9(12)10(8)19(17,18)15-7-2-1-6-14-16-13/h3-5,15H,1-2,6-7H2. The number of azide groups is 1. The molecule has 1 aromatic carbocycles. The Morgan fingerprint density at radius 1 is 1.42 bits per heavy atom. The van der Waals surface area contributed by atoms with Crippen LogP contribution < -0.4 is 4.72 Å². The zero-order chi connectivity index (χ0) is 14.3. The summed E-state index contributed by atoms with van der Waals surface area (Å²) < 4.78 is 27.0. The van der Waals surface area contributed by atoms with Crippen molar-refractivity contribution in [3.05, 3.63) is 38.1 Å². The highest BCUT2D eigenvalue weighted by molar-refractivity contribution is 9.10. The number of nitrogens with zero attached hydrogens (tertiary/aromatic N) is 3. The first kappa shape index (κ1) is 16.3. The van der Waals surface area contributed by atoms with Gasteiger partial charge in [-0.15, -0.1) is 0 Å². The highest BCUT2D eigenvalue weighted by Gasteiger charge is 2.20. The lowest BCUT2D eigenvalue weighted by Gasteiger charge is -2.09. The Bertz CT molecular complexity index is 567. The SMILES string of the molecule is [N-]=[N+]=NCCCCNS(=O)(=O)c1c(Cl)cccc1Br. The van der Waals surface area contributed by atoms with Gasteiger partial charge in [-0.1, -0.05) is 22.8 Å². The van der Waals surface area contributed by atoms with E-state index < -0.39 is 10.0 Å². The minimum Gasteiger partial charge on any atom is -0.211 e. The number of rotatable bonds is 7. The molecule has 0 aliphatic heterocycles. The molecule has 0 unspecified atom stereocenters. The molecule has 1 N–H and O–H groups in total. The summed E-state index contributed by atoms with van der Waals surface area (Å²) in [4.78, 5) is 2.65. The van der Waals surface area contributed by atoms with Gasteiger partial charge in [-0.2, -0.15) is 0 Å². The fourth-order valence-electron chi connectivity index (χ4n) is 1.37. The monoisotopic (exact) mass is 366 g/mol. The molecule has 6 nitrogen and oxygen atoms in total. The molecule has 0 heterocycles. The third kappa shape index (κ3) is 5.00. The van der Waals surface area contributed by atoms with Crippen LogP contribution in [0.1, 0.15) is 12.8 Å². The highest BCUT2D eigenvalue weighted by Crippen LogP contribution is 2.28. The van der Waals surface area contributed by atoms with Gasteiger partial charge in [0.15, 0.2) is 0 Å². The third-order valence-corrected chi connectivity index (χ3v) is 5.14. The average Bonchev–Trinajstić information content (AvgIpc) is 2.33. The summed E-state index contributed by atoms with van der Waals surface area (Å²) in [6.07, 6.45) is 1.20. The van der Waals surface area contributed by atoms with Crippen LogP contribution in [0, 0.1) is 0 Å². The van der Waals surface area contributed by atoms with Crippen LogP contribution in [0.5, 0.6) is 0 Å². The quantitative estimate of drug-likeness (QED) is 0.346. The summed E-state index contributed by atoms with van der Waals surface area (Å²) in [6, 6.07) is 4.79. The van der Waals surface area contributed by atoms with Gasteiger partial charge in [0.1, 0.15) is 4.90 Å². The fourth-order valence-corrected chi connectivity index (χ4v) is 4.18. The Kier molecular flexibility index (Phi) is 6.60. The predicted molar refractivity (Wildman–Crippen MR) is 77.6 cm³/mol. The van der Waals surface area contributed by atoms with Crippen LogP contribution in [0.2, 0.25) is 5.02 Å². The second-order valence-electron chi connectivity index (χ2n) is 3.61. The topological polar surface area (TPSA) is 94.9 Å². The van der Waals surface area contributed by atoms with Crippen molar-refractivity contribution in [3.63, 3.8) is 0 Å². The van der Waals surface area contributed by atoms with Crippen LogP contribution in [0.3, 0.4) is 0 Å². The largest absolute Gasteiger partial charge is 0.243 e. The van der Waals surface area contributed by atoms with Gasteiger partial charge in [0.05, 0.1) is 5.02 Å². The molecule has 104 valence electrons. The zero-order valence-corrected chi connectivity index (χ0v) is 13.0. The molecular weight excluding hydrogens is 356 g/mol. The van der Waals surface area contributed by atoms with Gasteiger partial charge >= 0.3 is 0 Å². The van der Waals surface area contributed by atoms with Crippen molar-refractivity contribution in [2.24, 2.45) is 5.11 Å². The summed E-state index contributed by atoms with van der Waals surface area (Å²) in [7, 11) is -3.65. The molecule has 0 radical (unpaired) electrons. The van der Waals surface area contributed by atoms with Gasteiger partial charge < -0.3 is 0 Å². The van der Waals surface area contributed by atoms with E-state index in [4.69, 9.17) is 17.1 Å². The molecule has 0 bridgehead atoms. The Hall–Kier alpha value is -0.790. The lowest BCUT2D eigenvalue weighted by atomic mass is 10.3. The molecule has 19 heavy (non-hydrogen) atoms. The minimum absolute atomic E-state index is 0.0340. The number of nitrogens with one attached hydrogen (secondary N) is 1. The second kappa shape index (κ2) is 7.72. The number of hydrogen-bond acceptors (Lipinski definition) is 3. The van der Waals surface area contributed by atoms with E-state index in [-0.39, 0.29) is 16.5 Å². The molecule has 1 aromatic rings. The van der Waals surface area contributed by atoms with Crippen molar-refractivity contribution in [2.75, 3.05) is 13.1 Å². The molecule has 0 spiro atoms. The summed E-state index contributed by atoms with van der Waals surface area (Å²) in [5.41, 5.74) is 8.09. The van der Waals surface area contributed by atoms with E-state index in [2.05, 4.69) is 30.7 Å². The maximum atomic E-state index is 12.1. The van der Waals surface area contributed by atoms with Crippen molar-refractivity contribution in [1.29, 1.82) is 0 Å². The van der Waals surface area contributed by atoms with Gasteiger partial charge in [-0.3, -0.25) is 0 Å². The predicted octanol–water partition coefficient (Wildman–Crippen LogP) is 3.47. The number of unbranched alkanes of at least 4 members (excludes halogenated alkanes) is 1. The van der Waals surface area contributed by atoms with Crippen molar-refractivity contribution >= 4 is 37.6 Å². The Labute approximate surface area is 125 Å². The minimum atomic E-state index is -3.65. The van der Waals surface area contributed by atoms with E-state index in [1.54, 1.807) is 12.1 Å². The molecule has 0 aromatic heterocycles. The number of hydrogen-bond donors (Lipinski definition) is 1. The first-order chi connectivity index (χ1) is 8.99. The Morgan fingerprint density at radius 3 is 2.79 bits per heavy atom. The summed E-state index contributed by atoms with van der Waals surface area (Å²) in [5.74, 6) is 0. The van der Waals surface area contributed by atoms with E-state index in [1.807, 2.05) is 0 Å². The molecular formula is C10H12BrClN4O2S. The Balaban J connectivity index is 2.64. The highest BCUT2D eigenvalue weighted by atomic mass is 79.9. The van der Waals surface area contributed by atoms with Gasteiger partial charge in [0.25, 0.3) is 0 Å². The third-order valence-electron chi connectivity index (χ3n) is 2.23. The molecule has 0 aliphatic rings. The van der Waals surface area contributed by atoms with Crippen molar-refractivity contribution < 1.29 is 8.42 Å². The summed E-state index contributed by atoms with van der Waals surface area (Å²) in [5, 5.41) is 3.53. The van der Waals surface area contributed by atoms with E-state index in [0.717, 1.165) is 0 Å². The van der Waals surface area contributed by atoms with Crippen LogP contribution in [0.25, 0.3) is 10.4 Å². The van der Waals surface area contributed by atoms with Gasteiger partial charge in [-0.25, -0.2) is 13.1 Å². The molecule has 0 saturated carbocycles. The first-order valence-electron chi connectivity index (χ1n) is 5.43. The van der Waals surface area contributed by atoms with E-state index in [1.165, 1.54) is 6.07 Å². The van der Waals surface area contributed by atoms with Crippen LogP contribution in [-0.4, -0.2) is 21.5 Å². The molecule has 0 fully saturated rings. The lowest BCUT2D eigenvalue weighted by Crippen LogP contribution is -2.25. The van der Waals surface area contributed by atoms with Gasteiger partial charge in [0, 0.05) is 22.5 Å². The van der Waals surface area contributed by atoms with Gasteiger partial charge in [0.2, 0.25) is 10.0 Å². The molecule has 0 aliphatic carbocycles. The fraction of sp³-hybridized carbons (Fsp3) is 0.400. The van der Waals surface area contributed by atoms with E-state index in [9.17, 15) is 8.42 Å². The van der Waals surface area contributed by atoms with Crippen LogP contribution in [0.4, 0.5) is 0 Å². The number of benzene rings is 1. The molecule has 0 atom stereocenters. The van der Waals surface area contributed by atoms with Crippen molar-refractivity contribution in [3.8, 4) is 0 Å². The maximum absolute atomic E-state index is 12.1. The van der Waals surface area contributed by atoms with Crippen molar-refractivity contribution in [1.82, 2.24) is 4.72 Å². The normalized spacial score (nSPS) is 11.1. The molecule has 9 heteroatoms. The maximum Gasteiger partial charge on any atom is 0.243 e. The van der Waals surface area contributed by atoms with Crippen LogP contribution >= 0.6 is 27.5 Å². The molecule has 0 amide bonds. The van der Waals surface area contributed by atoms with Crippen LogP contribution in [0.15, 0.2) is 32.7 Å².